The molecular weight excluding hydrogens is 232 g/mol. The van der Waals surface area contributed by atoms with Gasteiger partial charge in [-0.05, 0) is 67.1 Å². The minimum Gasteiger partial charge on any atom is -0.299 e. The minimum atomic E-state index is 0.272. The van der Waals surface area contributed by atoms with Gasteiger partial charge in [0.25, 0.3) is 0 Å². The first kappa shape index (κ1) is 13.6. The second-order valence-electron chi connectivity index (χ2n) is 9.08. The van der Waals surface area contributed by atoms with E-state index in [0.717, 1.165) is 18.8 Å². The van der Waals surface area contributed by atoms with Crippen LogP contribution in [0.3, 0.4) is 0 Å². The van der Waals surface area contributed by atoms with Crippen LogP contribution in [0, 0.1) is 28.1 Å². The average molecular weight is 262 g/mol. The van der Waals surface area contributed by atoms with Crippen LogP contribution >= 0.6 is 0 Å². The number of ketones is 1. The first-order valence-electron chi connectivity index (χ1n) is 8.30. The number of hydrogen-bond donors (Lipinski definition) is 0. The number of carbonyl (C=O) groups is 1. The Bertz CT molecular complexity index is 378. The third-order valence-electron chi connectivity index (χ3n) is 6.45. The lowest BCUT2D eigenvalue weighted by molar-refractivity contribution is -0.156. The van der Waals surface area contributed by atoms with E-state index in [1.807, 2.05) is 0 Å². The first-order valence-corrected chi connectivity index (χ1v) is 8.30. The molecule has 3 unspecified atom stereocenters. The van der Waals surface area contributed by atoms with Gasteiger partial charge in [0.15, 0.2) is 0 Å². The van der Waals surface area contributed by atoms with Gasteiger partial charge in [-0.1, -0.05) is 27.7 Å². The summed E-state index contributed by atoms with van der Waals surface area (Å²) >= 11 is 0. The van der Waals surface area contributed by atoms with Crippen molar-refractivity contribution in [1.29, 1.82) is 0 Å². The van der Waals surface area contributed by atoms with Crippen LogP contribution in [0.25, 0.3) is 0 Å². The molecule has 4 rings (SSSR count). The van der Waals surface area contributed by atoms with E-state index in [1.54, 1.807) is 0 Å². The lowest BCUT2D eigenvalue weighted by Gasteiger charge is -2.65. The summed E-state index contributed by atoms with van der Waals surface area (Å²) in [6.07, 6.45) is 10.2. The molecule has 4 bridgehead atoms. The largest absolute Gasteiger partial charge is 0.299 e. The molecule has 19 heavy (non-hydrogen) atoms. The fourth-order valence-corrected chi connectivity index (χ4v) is 6.65. The van der Waals surface area contributed by atoms with Gasteiger partial charge in [-0.15, -0.1) is 0 Å². The molecule has 0 saturated heterocycles. The highest BCUT2D eigenvalue weighted by Crippen LogP contribution is 2.70. The normalized spacial score (nSPS) is 49.4. The second kappa shape index (κ2) is 4.09. The maximum Gasteiger partial charge on any atom is 0.136 e. The van der Waals surface area contributed by atoms with Gasteiger partial charge in [-0.25, -0.2) is 0 Å². The summed E-state index contributed by atoms with van der Waals surface area (Å²) in [7, 11) is 0. The average Bonchev–Trinajstić information content (AvgIpc) is 2.21. The molecule has 0 aromatic carbocycles. The zero-order valence-electron chi connectivity index (χ0n) is 13.2. The Kier molecular flexibility index (Phi) is 2.93. The maximum atomic E-state index is 12.5. The highest BCUT2D eigenvalue weighted by atomic mass is 16.1. The fourth-order valence-electron chi connectivity index (χ4n) is 6.65. The first-order chi connectivity index (χ1) is 8.77. The van der Waals surface area contributed by atoms with Gasteiger partial charge in [0, 0.05) is 12.3 Å². The number of rotatable bonds is 4. The van der Waals surface area contributed by atoms with Gasteiger partial charge < -0.3 is 0 Å². The summed E-state index contributed by atoms with van der Waals surface area (Å²) in [6.45, 7) is 9.26. The molecule has 1 nitrogen and oxygen atoms in total. The maximum absolute atomic E-state index is 12.5. The van der Waals surface area contributed by atoms with Gasteiger partial charge in [0.1, 0.15) is 5.78 Å². The van der Waals surface area contributed by atoms with Gasteiger partial charge in [0.05, 0.1) is 0 Å². The molecule has 4 aliphatic carbocycles. The number of hydrogen-bond acceptors (Lipinski definition) is 1. The van der Waals surface area contributed by atoms with Crippen molar-refractivity contribution in [3.05, 3.63) is 0 Å². The predicted octanol–water partition coefficient (Wildman–Crippen LogP) is 4.99. The van der Waals surface area contributed by atoms with Crippen LogP contribution in [0.15, 0.2) is 0 Å². The molecule has 0 N–H and O–H groups in total. The Morgan fingerprint density at radius 3 is 2.16 bits per heavy atom. The molecule has 4 aliphatic rings. The minimum absolute atomic E-state index is 0.272. The quantitative estimate of drug-likeness (QED) is 0.697. The van der Waals surface area contributed by atoms with E-state index < -0.39 is 0 Å². The van der Waals surface area contributed by atoms with Crippen LogP contribution in [-0.4, -0.2) is 5.78 Å². The smallest absolute Gasteiger partial charge is 0.136 e. The monoisotopic (exact) mass is 262 g/mol. The third kappa shape index (κ3) is 2.28. The highest BCUT2D eigenvalue weighted by molar-refractivity contribution is 5.81. The standard InChI is InChI=1S/C18H30O/c1-5-13(2)15(19)9-18-8-14-6-16(3,11-18)10-17(4,7-14)12-18/h13-14H,5-12H2,1-4H3. The van der Waals surface area contributed by atoms with Crippen LogP contribution in [-0.2, 0) is 4.79 Å². The molecule has 4 fully saturated rings. The van der Waals surface area contributed by atoms with Gasteiger partial charge >= 0.3 is 0 Å². The molecule has 3 atom stereocenters. The summed E-state index contributed by atoms with van der Waals surface area (Å²) in [6, 6.07) is 0. The van der Waals surface area contributed by atoms with Crippen LogP contribution in [0.1, 0.15) is 79.1 Å². The summed E-state index contributed by atoms with van der Waals surface area (Å²) in [4.78, 5) is 12.5. The molecular formula is C18H30O. The molecule has 0 spiro atoms. The Hall–Kier alpha value is -0.330. The molecule has 0 amide bonds. The molecule has 0 radical (unpaired) electrons. The van der Waals surface area contributed by atoms with Crippen LogP contribution in [0.4, 0.5) is 0 Å². The Morgan fingerprint density at radius 1 is 1.11 bits per heavy atom. The lowest BCUT2D eigenvalue weighted by atomic mass is 9.39. The fraction of sp³-hybridized carbons (Fsp3) is 0.944. The van der Waals surface area contributed by atoms with E-state index in [9.17, 15) is 4.79 Å². The number of carbonyl (C=O) groups excluding carboxylic acids is 1. The van der Waals surface area contributed by atoms with Crippen molar-refractivity contribution in [2.45, 2.75) is 79.1 Å². The molecule has 108 valence electrons. The summed E-state index contributed by atoms with van der Waals surface area (Å²) in [5.41, 5.74) is 1.47. The van der Waals surface area contributed by atoms with Crippen molar-refractivity contribution in [3.8, 4) is 0 Å². The molecule has 0 aromatic heterocycles. The zero-order chi connectivity index (χ0) is 13.9. The molecule has 1 heteroatoms. The van der Waals surface area contributed by atoms with E-state index in [-0.39, 0.29) is 5.92 Å². The van der Waals surface area contributed by atoms with Crippen LogP contribution < -0.4 is 0 Å². The summed E-state index contributed by atoms with van der Waals surface area (Å²) in [5, 5.41) is 0. The van der Waals surface area contributed by atoms with Crippen LogP contribution in [0.5, 0.6) is 0 Å². The number of Topliss-reactive ketones (excluding diaryl/α,β-unsaturated/α-hetero) is 1. The lowest BCUT2D eigenvalue weighted by Crippen LogP contribution is -2.55. The molecule has 4 saturated carbocycles. The van der Waals surface area contributed by atoms with Crippen molar-refractivity contribution in [1.82, 2.24) is 0 Å². The highest BCUT2D eigenvalue weighted by Gasteiger charge is 2.60. The van der Waals surface area contributed by atoms with Gasteiger partial charge in [-0.2, -0.15) is 0 Å². The molecule has 0 heterocycles. The zero-order valence-corrected chi connectivity index (χ0v) is 13.2. The van der Waals surface area contributed by atoms with Gasteiger partial charge in [0.2, 0.25) is 0 Å². The van der Waals surface area contributed by atoms with Crippen molar-refractivity contribution >= 4 is 5.78 Å². The van der Waals surface area contributed by atoms with Gasteiger partial charge in [-0.3, -0.25) is 4.79 Å². The summed E-state index contributed by atoms with van der Waals surface area (Å²) in [5.74, 6) is 1.72. The van der Waals surface area contributed by atoms with Crippen molar-refractivity contribution in [3.63, 3.8) is 0 Å². The van der Waals surface area contributed by atoms with E-state index in [0.29, 0.717) is 22.0 Å². The van der Waals surface area contributed by atoms with Crippen molar-refractivity contribution in [2.24, 2.45) is 28.1 Å². The third-order valence-corrected chi connectivity index (χ3v) is 6.45. The molecule has 0 aromatic rings. The predicted molar refractivity (Wildman–Crippen MR) is 78.9 cm³/mol. The van der Waals surface area contributed by atoms with E-state index in [2.05, 4.69) is 27.7 Å². The van der Waals surface area contributed by atoms with Crippen molar-refractivity contribution in [2.75, 3.05) is 0 Å². The SMILES string of the molecule is CCC(C)C(=O)CC12CC3CC(C)(CC(C)(C3)C1)C2. The Morgan fingerprint density at radius 2 is 1.68 bits per heavy atom. The summed E-state index contributed by atoms with van der Waals surface area (Å²) < 4.78 is 0. The van der Waals surface area contributed by atoms with Crippen molar-refractivity contribution < 1.29 is 4.79 Å². The van der Waals surface area contributed by atoms with E-state index in [4.69, 9.17) is 0 Å². The van der Waals surface area contributed by atoms with E-state index in [1.165, 1.54) is 38.5 Å². The Labute approximate surface area is 118 Å². The second-order valence-corrected chi connectivity index (χ2v) is 9.08. The molecule has 0 aliphatic heterocycles. The topological polar surface area (TPSA) is 17.1 Å². The Balaban J connectivity index is 1.83. The van der Waals surface area contributed by atoms with E-state index >= 15 is 0 Å². The van der Waals surface area contributed by atoms with Crippen LogP contribution in [0.2, 0.25) is 0 Å².